The Morgan fingerprint density at radius 3 is 2.93 bits per heavy atom. The molecule has 1 aliphatic heterocycles. The van der Waals surface area contributed by atoms with Crippen LogP contribution in [0.3, 0.4) is 0 Å². The Morgan fingerprint density at radius 1 is 1.38 bits per heavy atom. The van der Waals surface area contributed by atoms with E-state index in [0.29, 0.717) is 0 Å². The first kappa shape index (κ1) is 19.8. The van der Waals surface area contributed by atoms with Crippen molar-refractivity contribution in [2.24, 2.45) is 0 Å². The van der Waals surface area contributed by atoms with Crippen molar-refractivity contribution in [1.82, 2.24) is 19.9 Å². The number of rotatable bonds is 6. The van der Waals surface area contributed by atoms with Gasteiger partial charge in [0.2, 0.25) is 0 Å². The highest BCUT2D eigenvalue weighted by Gasteiger charge is 2.28. The second-order valence-corrected chi connectivity index (χ2v) is 8.50. The van der Waals surface area contributed by atoms with Crippen molar-refractivity contribution in [3.8, 4) is 0 Å². The number of fused-ring (bicyclic) bond motifs is 1. The van der Waals surface area contributed by atoms with Gasteiger partial charge in [-0.15, -0.1) is 11.3 Å². The molecule has 0 aliphatic carbocycles. The van der Waals surface area contributed by atoms with Crippen molar-refractivity contribution >= 4 is 17.2 Å². The van der Waals surface area contributed by atoms with Gasteiger partial charge in [-0.25, -0.2) is 0 Å². The lowest BCUT2D eigenvalue weighted by Gasteiger charge is -2.28. The lowest BCUT2D eigenvalue weighted by Crippen LogP contribution is -2.33. The lowest BCUT2D eigenvalue weighted by molar-refractivity contribution is 0.0736. The molecular formula is C22H26N4O2S. The number of hydrogen-bond acceptors (Lipinski definition) is 6. The van der Waals surface area contributed by atoms with Gasteiger partial charge in [0, 0.05) is 49.2 Å². The van der Waals surface area contributed by atoms with E-state index in [2.05, 4.69) is 34.1 Å². The van der Waals surface area contributed by atoms with E-state index in [9.17, 15) is 4.79 Å². The van der Waals surface area contributed by atoms with Gasteiger partial charge >= 0.3 is 0 Å². The number of aromatic nitrogens is 2. The predicted molar refractivity (Wildman–Crippen MR) is 113 cm³/mol. The molecule has 0 N–H and O–H groups in total. The molecule has 1 amide bonds. The van der Waals surface area contributed by atoms with E-state index in [1.165, 1.54) is 22.3 Å². The number of aryl methyl sites for hydroxylation is 1. The molecule has 1 aliphatic rings. The maximum atomic E-state index is 13.1. The molecule has 0 saturated carbocycles. The summed E-state index contributed by atoms with van der Waals surface area (Å²) in [4.78, 5) is 23.1. The van der Waals surface area contributed by atoms with Crippen LogP contribution < -0.4 is 0 Å². The Morgan fingerprint density at radius 2 is 2.24 bits per heavy atom. The van der Waals surface area contributed by atoms with Crippen molar-refractivity contribution < 1.29 is 9.32 Å². The fourth-order valence-electron chi connectivity index (χ4n) is 3.68. The molecule has 3 aromatic rings. The average Bonchev–Trinajstić information content (AvgIpc) is 3.42. The third kappa shape index (κ3) is 4.11. The molecule has 3 aromatic heterocycles. The number of amides is 1. The fourth-order valence-corrected chi connectivity index (χ4v) is 4.80. The second-order valence-electron chi connectivity index (χ2n) is 7.54. The molecule has 29 heavy (non-hydrogen) atoms. The number of carbonyl (C=O) groups is 1. The summed E-state index contributed by atoms with van der Waals surface area (Å²) < 4.78 is 4.92. The van der Waals surface area contributed by atoms with Gasteiger partial charge in [0.05, 0.1) is 17.3 Å². The van der Waals surface area contributed by atoms with Gasteiger partial charge in [-0.1, -0.05) is 18.1 Å². The average molecular weight is 411 g/mol. The Bertz CT molecular complexity index is 965. The summed E-state index contributed by atoms with van der Waals surface area (Å²) >= 11 is 1.68. The Labute approximate surface area is 175 Å². The van der Waals surface area contributed by atoms with Crippen molar-refractivity contribution in [2.45, 2.75) is 45.8 Å². The molecule has 0 fully saturated rings. The predicted octanol–water partition coefficient (Wildman–Crippen LogP) is 4.09. The van der Waals surface area contributed by atoms with Gasteiger partial charge in [0.1, 0.15) is 12.0 Å². The van der Waals surface area contributed by atoms with Crippen LogP contribution in [-0.2, 0) is 25.9 Å². The van der Waals surface area contributed by atoms with Crippen LogP contribution in [0.1, 0.15) is 57.6 Å². The van der Waals surface area contributed by atoms with Gasteiger partial charge in [0.15, 0.2) is 0 Å². The summed E-state index contributed by atoms with van der Waals surface area (Å²) in [5.41, 5.74) is 5.15. The minimum absolute atomic E-state index is 0.0447. The summed E-state index contributed by atoms with van der Waals surface area (Å²) in [6, 6.07) is 5.95. The number of hydrogen-bond donors (Lipinski definition) is 0. The standard InChI is InChI=1S/C22H26N4O2S/c1-4-16-5-6-17(23-11-16)12-26-9-7-18-19(14-29-21(18)13-26)22(27)25(3)15(2)20-8-10-28-24-20/h5-6,8,10-11,14-15H,4,7,9,12-13H2,1-3H3. The van der Waals surface area contributed by atoms with E-state index in [1.54, 1.807) is 22.3 Å². The topological polar surface area (TPSA) is 62.5 Å². The number of carbonyl (C=O) groups excluding carboxylic acids is 1. The van der Waals surface area contributed by atoms with Crippen molar-refractivity contribution in [1.29, 1.82) is 0 Å². The molecule has 6 nitrogen and oxygen atoms in total. The molecule has 4 rings (SSSR count). The first-order valence-electron chi connectivity index (χ1n) is 9.99. The zero-order valence-corrected chi connectivity index (χ0v) is 17.9. The highest BCUT2D eigenvalue weighted by atomic mass is 32.1. The van der Waals surface area contributed by atoms with Crippen LogP contribution in [0.25, 0.3) is 0 Å². The van der Waals surface area contributed by atoms with Gasteiger partial charge in [-0.3, -0.25) is 14.7 Å². The number of pyridine rings is 1. The van der Waals surface area contributed by atoms with E-state index in [4.69, 9.17) is 4.52 Å². The minimum Gasteiger partial charge on any atom is -0.364 e. The van der Waals surface area contributed by atoms with Crippen LogP contribution in [-0.4, -0.2) is 39.4 Å². The van der Waals surface area contributed by atoms with Crippen molar-refractivity contribution in [3.63, 3.8) is 0 Å². The normalized spacial score (nSPS) is 15.1. The molecular weight excluding hydrogens is 384 g/mol. The highest BCUT2D eigenvalue weighted by molar-refractivity contribution is 7.10. The van der Waals surface area contributed by atoms with Crippen LogP contribution >= 0.6 is 11.3 Å². The zero-order valence-electron chi connectivity index (χ0n) is 17.1. The fraction of sp³-hybridized carbons (Fsp3) is 0.409. The maximum Gasteiger partial charge on any atom is 0.255 e. The maximum absolute atomic E-state index is 13.1. The number of nitrogens with zero attached hydrogens (tertiary/aromatic N) is 4. The van der Waals surface area contributed by atoms with Crippen molar-refractivity contribution in [3.05, 3.63) is 69.0 Å². The molecule has 152 valence electrons. The molecule has 1 atom stereocenters. The minimum atomic E-state index is -0.131. The van der Waals surface area contributed by atoms with E-state index < -0.39 is 0 Å². The molecule has 0 bridgehead atoms. The van der Waals surface area contributed by atoms with Gasteiger partial charge in [0.25, 0.3) is 5.91 Å². The molecule has 0 spiro atoms. The monoisotopic (exact) mass is 410 g/mol. The summed E-state index contributed by atoms with van der Waals surface area (Å²) in [5.74, 6) is 0.0447. The SMILES string of the molecule is CCc1ccc(CN2CCc3c(C(=O)N(C)C(C)c4ccon4)csc3C2)nc1. The molecule has 0 saturated heterocycles. The lowest BCUT2D eigenvalue weighted by atomic mass is 10.0. The Kier molecular flexibility index (Phi) is 5.78. The summed E-state index contributed by atoms with van der Waals surface area (Å²) in [5, 5.41) is 5.98. The number of thiophene rings is 1. The van der Waals surface area contributed by atoms with Gasteiger partial charge < -0.3 is 9.42 Å². The van der Waals surface area contributed by atoms with Crippen molar-refractivity contribution in [2.75, 3.05) is 13.6 Å². The molecule has 0 aromatic carbocycles. The molecule has 4 heterocycles. The second kappa shape index (κ2) is 8.47. The van der Waals surface area contributed by atoms with Gasteiger partial charge in [-0.2, -0.15) is 0 Å². The van der Waals surface area contributed by atoms with Crippen LogP contribution in [0.2, 0.25) is 0 Å². The van der Waals surface area contributed by atoms with Gasteiger partial charge in [-0.05, 0) is 37.0 Å². The van der Waals surface area contributed by atoms with E-state index in [0.717, 1.165) is 49.4 Å². The van der Waals surface area contributed by atoms with E-state index in [1.807, 2.05) is 25.5 Å². The Balaban J connectivity index is 1.44. The largest absolute Gasteiger partial charge is 0.364 e. The highest BCUT2D eigenvalue weighted by Crippen LogP contribution is 2.31. The first-order chi connectivity index (χ1) is 14.1. The third-order valence-corrected chi connectivity index (χ3v) is 6.74. The third-order valence-electron chi connectivity index (χ3n) is 5.72. The van der Waals surface area contributed by atoms with Crippen LogP contribution in [0.15, 0.2) is 40.6 Å². The zero-order chi connectivity index (χ0) is 20.4. The molecule has 7 heteroatoms. The van der Waals surface area contributed by atoms with E-state index >= 15 is 0 Å². The van der Waals surface area contributed by atoms with E-state index in [-0.39, 0.29) is 11.9 Å². The Hall–Kier alpha value is -2.51. The smallest absolute Gasteiger partial charge is 0.255 e. The molecule has 1 unspecified atom stereocenters. The summed E-state index contributed by atoms with van der Waals surface area (Å²) in [7, 11) is 1.83. The molecule has 0 radical (unpaired) electrons. The quantitative estimate of drug-likeness (QED) is 0.613. The summed E-state index contributed by atoms with van der Waals surface area (Å²) in [6.07, 6.45) is 5.41. The van der Waals surface area contributed by atoms with Crippen LogP contribution in [0.4, 0.5) is 0 Å². The first-order valence-corrected chi connectivity index (χ1v) is 10.9. The van der Waals surface area contributed by atoms with Crippen LogP contribution in [0.5, 0.6) is 0 Å². The summed E-state index contributed by atoms with van der Waals surface area (Å²) in [6.45, 7) is 6.75. The van der Waals surface area contributed by atoms with Crippen LogP contribution in [0, 0.1) is 0 Å².